The first kappa shape index (κ1) is 22.2. The van der Waals surface area contributed by atoms with E-state index in [-0.39, 0.29) is 18.5 Å². The lowest BCUT2D eigenvalue weighted by Crippen LogP contribution is -2.18. The normalized spacial score (nSPS) is 12.0. The summed E-state index contributed by atoms with van der Waals surface area (Å²) < 4.78 is 7.76. The van der Waals surface area contributed by atoms with Gasteiger partial charge < -0.3 is 9.30 Å². The fraction of sp³-hybridized carbons (Fsp3) is 0.292. The topological polar surface area (TPSA) is 60.7 Å². The summed E-state index contributed by atoms with van der Waals surface area (Å²) in [5, 5.41) is 8.53. The molecule has 0 saturated carbocycles. The Bertz CT molecular complexity index is 981. The first-order valence-corrected chi connectivity index (χ1v) is 10.9. The summed E-state index contributed by atoms with van der Waals surface area (Å²) in [6.45, 7) is 6.69. The Morgan fingerprint density at radius 3 is 2.60 bits per heavy atom. The molecule has 1 atom stereocenters. The standard InChI is InChI=1S/C24H27NO4S/c1-17-7-9-20(10-8-17)24(26)23-13-18(2)15-25(23)11-12-30-22-6-4-5-21(14-22)29-19(3)16-28-27/h4-10,13-15,19,27H,11-12,16H2,1-3H3/t19-/m0/s1. The molecular formula is C24H27NO4S. The van der Waals surface area contributed by atoms with Gasteiger partial charge in [0.15, 0.2) is 0 Å². The fourth-order valence-electron chi connectivity index (χ4n) is 3.16. The molecule has 0 unspecified atom stereocenters. The Kier molecular flexibility index (Phi) is 7.74. The van der Waals surface area contributed by atoms with Crippen molar-refractivity contribution in [2.45, 2.75) is 38.3 Å². The molecule has 5 nitrogen and oxygen atoms in total. The van der Waals surface area contributed by atoms with E-state index in [1.54, 1.807) is 11.8 Å². The summed E-state index contributed by atoms with van der Waals surface area (Å²) in [4.78, 5) is 18.2. The third-order valence-electron chi connectivity index (χ3n) is 4.63. The van der Waals surface area contributed by atoms with Crippen LogP contribution in [0, 0.1) is 13.8 Å². The summed E-state index contributed by atoms with van der Waals surface area (Å²) in [6, 6.07) is 17.5. The molecule has 30 heavy (non-hydrogen) atoms. The van der Waals surface area contributed by atoms with Crippen molar-refractivity contribution >= 4 is 17.5 Å². The monoisotopic (exact) mass is 425 g/mol. The first-order valence-electron chi connectivity index (χ1n) is 9.90. The quantitative estimate of drug-likeness (QED) is 0.204. The summed E-state index contributed by atoms with van der Waals surface area (Å²) in [7, 11) is 0. The predicted octanol–water partition coefficient (Wildman–Crippen LogP) is 5.39. The maximum Gasteiger partial charge on any atom is 0.209 e. The number of ether oxygens (including phenoxy) is 1. The second-order valence-corrected chi connectivity index (χ2v) is 8.51. The van der Waals surface area contributed by atoms with E-state index in [9.17, 15) is 4.79 Å². The largest absolute Gasteiger partial charge is 0.488 e. The lowest BCUT2D eigenvalue weighted by molar-refractivity contribution is -0.253. The number of rotatable bonds is 10. The molecule has 1 heterocycles. The smallest absolute Gasteiger partial charge is 0.209 e. The van der Waals surface area contributed by atoms with Crippen molar-refractivity contribution in [1.82, 2.24) is 4.57 Å². The zero-order valence-electron chi connectivity index (χ0n) is 17.5. The number of carbonyl (C=O) groups is 1. The maximum absolute atomic E-state index is 13.0. The number of ketones is 1. The van der Waals surface area contributed by atoms with Gasteiger partial charge in [0.25, 0.3) is 0 Å². The van der Waals surface area contributed by atoms with Crippen LogP contribution in [0.3, 0.4) is 0 Å². The average molecular weight is 426 g/mol. The summed E-state index contributed by atoms with van der Waals surface area (Å²) in [6.07, 6.45) is 1.78. The van der Waals surface area contributed by atoms with Gasteiger partial charge in [-0.3, -0.25) is 10.1 Å². The van der Waals surface area contributed by atoms with Crippen LogP contribution in [-0.4, -0.2) is 34.1 Å². The van der Waals surface area contributed by atoms with Crippen molar-refractivity contribution in [3.8, 4) is 5.75 Å². The van der Waals surface area contributed by atoms with Crippen LogP contribution in [0.4, 0.5) is 0 Å². The third-order valence-corrected chi connectivity index (χ3v) is 5.61. The van der Waals surface area contributed by atoms with Gasteiger partial charge in [-0.15, -0.1) is 11.8 Å². The molecule has 0 bridgehead atoms. The van der Waals surface area contributed by atoms with E-state index in [1.807, 2.05) is 86.1 Å². The van der Waals surface area contributed by atoms with Gasteiger partial charge in [0.2, 0.25) is 5.78 Å². The highest BCUT2D eigenvalue weighted by Gasteiger charge is 2.15. The van der Waals surface area contributed by atoms with Gasteiger partial charge in [-0.2, -0.15) is 0 Å². The molecule has 0 fully saturated rings. The molecule has 0 radical (unpaired) electrons. The van der Waals surface area contributed by atoms with Crippen LogP contribution >= 0.6 is 11.8 Å². The maximum atomic E-state index is 13.0. The Morgan fingerprint density at radius 1 is 1.10 bits per heavy atom. The Hall–Kier alpha value is -2.54. The van der Waals surface area contributed by atoms with E-state index in [0.29, 0.717) is 11.3 Å². The molecule has 6 heteroatoms. The van der Waals surface area contributed by atoms with Gasteiger partial charge in [0.1, 0.15) is 18.5 Å². The van der Waals surface area contributed by atoms with Crippen molar-refractivity contribution < 1.29 is 19.7 Å². The van der Waals surface area contributed by atoms with Crippen LogP contribution in [0.15, 0.2) is 65.7 Å². The van der Waals surface area contributed by atoms with Crippen LogP contribution in [-0.2, 0) is 11.4 Å². The summed E-state index contributed by atoms with van der Waals surface area (Å²) >= 11 is 1.70. The summed E-state index contributed by atoms with van der Waals surface area (Å²) in [5.41, 5.74) is 3.63. The SMILES string of the molecule is Cc1ccc(C(=O)c2cc(C)cn2CCSc2cccc(O[C@@H](C)COO)c2)cc1. The van der Waals surface area contributed by atoms with E-state index >= 15 is 0 Å². The van der Waals surface area contributed by atoms with Crippen molar-refractivity contribution in [1.29, 1.82) is 0 Å². The second kappa shape index (κ2) is 10.5. The molecule has 0 aliphatic rings. The van der Waals surface area contributed by atoms with Crippen molar-refractivity contribution in [3.05, 3.63) is 83.2 Å². The van der Waals surface area contributed by atoms with Gasteiger partial charge in [0, 0.05) is 29.0 Å². The minimum absolute atomic E-state index is 0.0450. The van der Waals surface area contributed by atoms with E-state index in [0.717, 1.165) is 34.1 Å². The van der Waals surface area contributed by atoms with E-state index in [1.165, 1.54) is 0 Å². The van der Waals surface area contributed by atoms with E-state index in [2.05, 4.69) is 4.89 Å². The molecule has 1 aromatic heterocycles. The number of nitrogens with zero attached hydrogens (tertiary/aromatic N) is 1. The predicted molar refractivity (Wildman–Crippen MR) is 120 cm³/mol. The van der Waals surface area contributed by atoms with E-state index < -0.39 is 0 Å². The van der Waals surface area contributed by atoms with Crippen LogP contribution < -0.4 is 4.74 Å². The van der Waals surface area contributed by atoms with Gasteiger partial charge >= 0.3 is 0 Å². The number of aryl methyl sites for hydroxylation is 3. The Balaban J connectivity index is 1.63. The number of hydrogen-bond donors (Lipinski definition) is 1. The van der Waals surface area contributed by atoms with Crippen molar-refractivity contribution in [2.24, 2.45) is 0 Å². The number of hydrogen-bond acceptors (Lipinski definition) is 5. The van der Waals surface area contributed by atoms with Gasteiger partial charge in [-0.05, 0) is 50.6 Å². The molecular weight excluding hydrogens is 398 g/mol. The minimum Gasteiger partial charge on any atom is -0.488 e. The average Bonchev–Trinajstić information content (AvgIpc) is 3.09. The first-order chi connectivity index (χ1) is 14.5. The zero-order chi connectivity index (χ0) is 21.5. The third kappa shape index (κ3) is 5.98. The molecule has 1 N–H and O–H groups in total. The highest BCUT2D eigenvalue weighted by molar-refractivity contribution is 7.99. The van der Waals surface area contributed by atoms with Gasteiger partial charge in [0.05, 0.1) is 5.69 Å². The van der Waals surface area contributed by atoms with E-state index in [4.69, 9.17) is 9.99 Å². The number of carbonyl (C=O) groups excluding carboxylic acids is 1. The molecule has 0 aliphatic heterocycles. The lowest BCUT2D eigenvalue weighted by Gasteiger charge is -2.13. The van der Waals surface area contributed by atoms with Crippen LogP contribution in [0.2, 0.25) is 0 Å². The van der Waals surface area contributed by atoms with Crippen molar-refractivity contribution in [2.75, 3.05) is 12.4 Å². The zero-order valence-corrected chi connectivity index (χ0v) is 18.3. The molecule has 0 spiro atoms. The second-order valence-electron chi connectivity index (χ2n) is 7.34. The molecule has 0 aliphatic carbocycles. The number of aromatic nitrogens is 1. The van der Waals surface area contributed by atoms with Crippen LogP contribution in [0.5, 0.6) is 5.75 Å². The van der Waals surface area contributed by atoms with Gasteiger partial charge in [-0.25, -0.2) is 4.89 Å². The molecule has 3 rings (SSSR count). The molecule has 158 valence electrons. The molecule has 3 aromatic rings. The van der Waals surface area contributed by atoms with Crippen molar-refractivity contribution in [3.63, 3.8) is 0 Å². The molecule has 0 amide bonds. The lowest BCUT2D eigenvalue weighted by atomic mass is 10.1. The molecule has 2 aromatic carbocycles. The Labute approximate surface area is 181 Å². The summed E-state index contributed by atoms with van der Waals surface area (Å²) in [5.74, 6) is 1.60. The number of benzene rings is 2. The molecule has 0 saturated heterocycles. The highest BCUT2D eigenvalue weighted by Crippen LogP contribution is 2.24. The Morgan fingerprint density at radius 2 is 1.87 bits per heavy atom. The number of thioether (sulfide) groups is 1. The fourth-order valence-corrected chi connectivity index (χ4v) is 4.05. The van der Waals surface area contributed by atoms with Crippen LogP contribution in [0.25, 0.3) is 0 Å². The highest BCUT2D eigenvalue weighted by atomic mass is 32.2. The minimum atomic E-state index is -0.242. The van der Waals surface area contributed by atoms with Gasteiger partial charge in [-0.1, -0.05) is 35.9 Å². The van der Waals surface area contributed by atoms with Crippen LogP contribution in [0.1, 0.15) is 34.1 Å².